The molecule has 0 unspecified atom stereocenters. The number of anilines is 2. The maximum Gasteiger partial charge on any atom is 0.276 e. The van der Waals surface area contributed by atoms with Crippen molar-refractivity contribution in [2.45, 2.75) is 13.5 Å². The first-order valence-corrected chi connectivity index (χ1v) is 5.50. The van der Waals surface area contributed by atoms with Gasteiger partial charge in [0.15, 0.2) is 5.69 Å². The maximum atomic E-state index is 12.7. The van der Waals surface area contributed by atoms with Crippen molar-refractivity contribution in [3.05, 3.63) is 41.8 Å². The Labute approximate surface area is 103 Å². The van der Waals surface area contributed by atoms with Gasteiger partial charge in [0.2, 0.25) is 0 Å². The van der Waals surface area contributed by atoms with E-state index in [-0.39, 0.29) is 17.4 Å². The Hall–Kier alpha value is -2.37. The van der Waals surface area contributed by atoms with Crippen molar-refractivity contribution in [2.75, 3.05) is 11.1 Å². The number of hydrogen-bond acceptors (Lipinski definition) is 3. The lowest BCUT2D eigenvalue weighted by Crippen LogP contribution is -2.13. The molecule has 0 aliphatic heterocycles. The van der Waals surface area contributed by atoms with E-state index in [0.717, 1.165) is 0 Å². The van der Waals surface area contributed by atoms with Crippen LogP contribution in [0.3, 0.4) is 0 Å². The van der Waals surface area contributed by atoms with Crippen LogP contribution in [0.4, 0.5) is 15.9 Å². The summed E-state index contributed by atoms with van der Waals surface area (Å²) in [6.45, 7) is 2.47. The van der Waals surface area contributed by atoms with Crippen LogP contribution in [0.25, 0.3) is 0 Å². The molecule has 6 heteroatoms. The minimum Gasteiger partial charge on any atom is -0.384 e. The Morgan fingerprint density at radius 1 is 1.44 bits per heavy atom. The first-order chi connectivity index (χ1) is 8.60. The third-order valence-corrected chi connectivity index (χ3v) is 2.45. The van der Waals surface area contributed by atoms with Gasteiger partial charge < -0.3 is 11.1 Å². The van der Waals surface area contributed by atoms with Crippen LogP contribution in [0.1, 0.15) is 17.4 Å². The summed E-state index contributed by atoms with van der Waals surface area (Å²) in [6, 6.07) is 7.01. The molecule has 0 bridgehead atoms. The molecule has 0 fully saturated rings. The van der Waals surface area contributed by atoms with E-state index in [4.69, 9.17) is 5.73 Å². The van der Waals surface area contributed by atoms with E-state index in [9.17, 15) is 9.18 Å². The van der Waals surface area contributed by atoms with E-state index >= 15 is 0 Å². The molecular formula is C12H13FN4O. The smallest absolute Gasteiger partial charge is 0.276 e. The molecule has 1 aromatic carbocycles. The highest BCUT2D eigenvalue weighted by Crippen LogP contribution is 2.11. The summed E-state index contributed by atoms with van der Waals surface area (Å²) in [7, 11) is 0. The second kappa shape index (κ2) is 4.87. The minimum absolute atomic E-state index is 0.235. The second-order valence-corrected chi connectivity index (χ2v) is 3.73. The third kappa shape index (κ3) is 2.48. The Kier molecular flexibility index (Phi) is 3.27. The largest absolute Gasteiger partial charge is 0.384 e. The fourth-order valence-corrected chi connectivity index (χ4v) is 1.52. The zero-order valence-corrected chi connectivity index (χ0v) is 9.85. The molecule has 0 saturated carbocycles. The van der Waals surface area contributed by atoms with E-state index in [1.54, 1.807) is 0 Å². The first kappa shape index (κ1) is 12.1. The Bertz CT molecular complexity index is 562. The van der Waals surface area contributed by atoms with Crippen LogP contribution in [-0.4, -0.2) is 15.7 Å². The number of nitrogens with one attached hydrogen (secondary N) is 1. The van der Waals surface area contributed by atoms with Gasteiger partial charge in [0.25, 0.3) is 5.91 Å². The molecular weight excluding hydrogens is 235 g/mol. The normalized spacial score (nSPS) is 10.3. The van der Waals surface area contributed by atoms with Gasteiger partial charge in [-0.2, -0.15) is 5.10 Å². The number of halogens is 1. The van der Waals surface area contributed by atoms with Gasteiger partial charge in [0.1, 0.15) is 11.6 Å². The zero-order chi connectivity index (χ0) is 13.1. The van der Waals surface area contributed by atoms with Gasteiger partial charge in [-0.05, 0) is 31.2 Å². The highest BCUT2D eigenvalue weighted by molar-refractivity contribution is 6.03. The van der Waals surface area contributed by atoms with Crippen LogP contribution >= 0.6 is 0 Å². The van der Waals surface area contributed by atoms with Crippen LogP contribution in [0, 0.1) is 5.82 Å². The molecule has 94 valence electrons. The molecule has 0 spiro atoms. The van der Waals surface area contributed by atoms with E-state index < -0.39 is 0 Å². The Morgan fingerprint density at radius 3 is 2.67 bits per heavy atom. The molecule has 3 N–H and O–H groups in total. The molecule has 2 rings (SSSR count). The molecule has 1 amide bonds. The molecule has 0 aliphatic carbocycles. The van der Waals surface area contributed by atoms with Gasteiger partial charge >= 0.3 is 0 Å². The van der Waals surface area contributed by atoms with Gasteiger partial charge in [-0.3, -0.25) is 4.79 Å². The quantitative estimate of drug-likeness (QED) is 0.871. The van der Waals surface area contributed by atoms with E-state index in [0.29, 0.717) is 18.1 Å². The first-order valence-electron chi connectivity index (χ1n) is 5.50. The predicted molar refractivity (Wildman–Crippen MR) is 66.7 cm³/mol. The van der Waals surface area contributed by atoms with Crippen LogP contribution in [0.15, 0.2) is 30.3 Å². The van der Waals surface area contributed by atoms with E-state index in [1.807, 2.05) is 6.92 Å². The number of carbonyl (C=O) groups excluding carboxylic acids is 1. The zero-order valence-electron chi connectivity index (χ0n) is 9.85. The van der Waals surface area contributed by atoms with Gasteiger partial charge in [-0.1, -0.05) is 0 Å². The molecule has 1 heterocycles. The van der Waals surface area contributed by atoms with Gasteiger partial charge in [-0.25, -0.2) is 9.07 Å². The van der Waals surface area contributed by atoms with Crippen molar-refractivity contribution >= 4 is 17.4 Å². The number of nitrogens with two attached hydrogens (primary N) is 1. The van der Waals surface area contributed by atoms with Crippen LogP contribution < -0.4 is 11.1 Å². The van der Waals surface area contributed by atoms with Crippen LogP contribution in [0.5, 0.6) is 0 Å². The summed E-state index contributed by atoms with van der Waals surface area (Å²) in [5.41, 5.74) is 6.41. The second-order valence-electron chi connectivity index (χ2n) is 3.73. The fourth-order valence-electron chi connectivity index (χ4n) is 1.52. The number of nitrogens with zero attached hydrogens (tertiary/aromatic N) is 2. The number of carbonyl (C=O) groups is 1. The average Bonchev–Trinajstić information content (AvgIpc) is 2.73. The number of aromatic nitrogens is 2. The predicted octanol–water partition coefficient (Wildman–Crippen LogP) is 1.88. The third-order valence-electron chi connectivity index (χ3n) is 2.45. The van der Waals surface area contributed by atoms with Crippen molar-refractivity contribution in [3.63, 3.8) is 0 Å². The topological polar surface area (TPSA) is 72.9 Å². The van der Waals surface area contributed by atoms with Crippen molar-refractivity contribution in [2.24, 2.45) is 0 Å². The summed E-state index contributed by atoms with van der Waals surface area (Å²) in [5.74, 6) is -0.297. The van der Waals surface area contributed by atoms with Crippen molar-refractivity contribution in [1.82, 2.24) is 9.78 Å². The summed E-state index contributed by atoms with van der Waals surface area (Å²) in [5, 5.41) is 6.66. The lowest BCUT2D eigenvalue weighted by Gasteiger charge is -2.02. The lowest BCUT2D eigenvalue weighted by atomic mass is 10.3. The van der Waals surface area contributed by atoms with Crippen LogP contribution in [-0.2, 0) is 6.54 Å². The highest BCUT2D eigenvalue weighted by atomic mass is 19.1. The molecule has 5 nitrogen and oxygen atoms in total. The number of benzene rings is 1. The van der Waals surface area contributed by atoms with Crippen LogP contribution in [0.2, 0.25) is 0 Å². The monoisotopic (exact) mass is 248 g/mol. The molecule has 0 atom stereocenters. The number of hydrogen-bond donors (Lipinski definition) is 2. The fraction of sp³-hybridized carbons (Fsp3) is 0.167. The van der Waals surface area contributed by atoms with Crippen molar-refractivity contribution in [3.8, 4) is 0 Å². The average molecular weight is 248 g/mol. The minimum atomic E-state index is -0.375. The Balaban J connectivity index is 2.14. The lowest BCUT2D eigenvalue weighted by molar-refractivity contribution is 0.102. The molecule has 0 aliphatic rings. The number of amides is 1. The molecule has 0 radical (unpaired) electrons. The molecule has 2 aromatic rings. The summed E-state index contributed by atoms with van der Waals surface area (Å²) < 4.78 is 14.2. The molecule has 0 saturated heterocycles. The van der Waals surface area contributed by atoms with E-state index in [1.165, 1.54) is 35.0 Å². The highest BCUT2D eigenvalue weighted by Gasteiger charge is 2.12. The standard InChI is InChI=1S/C12H13FN4O/c1-2-17-11(14)7-10(16-17)12(18)15-9-5-3-8(13)4-6-9/h3-7H,2,14H2,1H3,(H,15,18). The van der Waals surface area contributed by atoms with E-state index in [2.05, 4.69) is 10.4 Å². The number of aryl methyl sites for hydroxylation is 1. The maximum absolute atomic E-state index is 12.7. The summed E-state index contributed by atoms with van der Waals surface area (Å²) >= 11 is 0. The van der Waals surface area contributed by atoms with Crippen molar-refractivity contribution < 1.29 is 9.18 Å². The summed E-state index contributed by atoms with van der Waals surface area (Å²) in [4.78, 5) is 11.8. The summed E-state index contributed by atoms with van der Waals surface area (Å²) in [6.07, 6.45) is 0. The van der Waals surface area contributed by atoms with Crippen molar-refractivity contribution in [1.29, 1.82) is 0 Å². The molecule has 1 aromatic heterocycles. The van der Waals surface area contributed by atoms with Gasteiger partial charge in [0.05, 0.1) is 0 Å². The van der Waals surface area contributed by atoms with Gasteiger partial charge in [-0.15, -0.1) is 0 Å². The number of nitrogen functional groups attached to an aromatic ring is 1. The molecule has 18 heavy (non-hydrogen) atoms. The van der Waals surface area contributed by atoms with Gasteiger partial charge in [0, 0.05) is 18.3 Å². The Morgan fingerprint density at radius 2 is 2.11 bits per heavy atom. The SMILES string of the molecule is CCn1nc(C(=O)Nc2ccc(F)cc2)cc1N. The number of rotatable bonds is 3.